The maximum atomic E-state index is 13.1. The Morgan fingerprint density at radius 3 is 2.73 bits per heavy atom. The van der Waals surface area contributed by atoms with Crippen molar-refractivity contribution in [2.24, 2.45) is 0 Å². The number of nitrogens with zero attached hydrogens (tertiary/aromatic N) is 3. The van der Waals surface area contributed by atoms with Crippen molar-refractivity contribution in [3.8, 4) is 6.07 Å². The van der Waals surface area contributed by atoms with Crippen LogP contribution in [0.15, 0.2) is 9.95 Å². The molecular weight excluding hydrogens is 314 g/mol. The van der Waals surface area contributed by atoms with Crippen LogP contribution in [0.25, 0.3) is 10.2 Å². The fourth-order valence-electron chi connectivity index (χ4n) is 3.04. The first-order valence-electron chi connectivity index (χ1n) is 7.61. The number of thioether (sulfide) groups is 1. The fraction of sp³-hybridized carbons (Fsp3) is 0.562. The van der Waals surface area contributed by atoms with Gasteiger partial charge in [0.15, 0.2) is 5.16 Å². The molecule has 0 radical (unpaired) electrons. The third-order valence-electron chi connectivity index (χ3n) is 4.36. The molecule has 0 spiro atoms. The molecule has 0 amide bonds. The van der Waals surface area contributed by atoms with Crippen molar-refractivity contribution < 1.29 is 0 Å². The largest absolute Gasteiger partial charge is 0.284 e. The van der Waals surface area contributed by atoms with Crippen LogP contribution in [0.5, 0.6) is 0 Å². The summed E-state index contributed by atoms with van der Waals surface area (Å²) >= 11 is 2.97. The van der Waals surface area contributed by atoms with Crippen molar-refractivity contribution >= 4 is 33.3 Å². The third-order valence-corrected chi connectivity index (χ3v) is 6.42. The molecule has 1 saturated carbocycles. The average Bonchev–Trinajstić information content (AvgIpc) is 3.08. The van der Waals surface area contributed by atoms with Gasteiger partial charge in [-0.15, -0.1) is 11.3 Å². The molecule has 2 heterocycles. The van der Waals surface area contributed by atoms with E-state index in [4.69, 9.17) is 10.2 Å². The maximum Gasteiger partial charge on any atom is 0.263 e. The summed E-state index contributed by atoms with van der Waals surface area (Å²) in [6, 6.07) is 2.46. The van der Waals surface area contributed by atoms with Crippen LogP contribution in [0, 0.1) is 25.2 Å². The topological polar surface area (TPSA) is 58.7 Å². The van der Waals surface area contributed by atoms with Crippen LogP contribution in [0.4, 0.5) is 0 Å². The number of fused-ring (bicyclic) bond motifs is 1. The molecular formula is C16H19N3OS2. The summed E-state index contributed by atoms with van der Waals surface area (Å²) in [5.41, 5.74) is 1.13. The maximum absolute atomic E-state index is 13.1. The monoisotopic (exact) mass is 333 g/mol. The van der Waals surface area contributed by atoms with Crippen LogP contribution in [-0.2, 0) is 0 Å². The van der Waals surface area contributed by atoms with E-state index in [2.05, 4.69) is 6.07 Å². The van der Waals surface area contributed by atoms with Gasteiger partial charge in [-0.05, 0) is 39.2 Å². The Morgan fingerprint density at radius 2 is 2.09 bits per heavy atom. The minimum atomic E-state index is -0.209. The van der Waals surface area contributed by atoms with E-state index >= 15 is 0 Å². The molecule has 22 heavy (non-hydrogen) atoms. The lowest BCUT2D eigenvalue weighted by Gasteiger charge is -2.18. The highest BCUT2D eigenvalue weighted by molar-refractivity contribution is 8.00. The zero-order valence-electron chi connectivity index (χ0n) is 13.0. The second-order valence-corrected chi connectivity index (χ2v) is 8.37. The molecule has 2 aromatic heterocycles. The summed E-state index contributed by atoms with van der Waals surface area (Å²) in [5, 5.41) is 10.4. The van der Waals surface area contributed by atoms with Crippen molar-refractivity contribution in [1.82, 2.24) is 9.55 Å². The Labute approximate surface area is 138 Å². The predicted octanol–water partition coefficient (Wildman–Crippen LogP) is 4.19. The van der Waals surface area contributed by atoms with E-state index in [0.29, 0.717) is 5.16 Å². The molecule has 4 nitrogen and oxygen atoms in total. The second kappa shape index (κ2) is 6.05. The van der Waals surface area contributed by atoms with Crippen molar-refractivity contribution in [2.75, 3.05) is 0 Å². The Balaban J connectivity index is 2.24. The lowest BCUT2D eigenvalue weighted by atomic mass is 10.2. The van der Waals surface area contributed by atoms with E-state index < -0.39 is 0 Å². The summed E-state index contributed by atoms with van der Waals surface area (Å²) in [5.74, 6) is 0. The summed E-state index contributed by atoms with van der Waals surface area (Å²) in [6.07, 6.45) is 4.39. The quantitative estimate of drug-likeness (QED) is 0.624. The summed E-state index contributed by atoms with van der Waals surface area (Å²) in [7, 11) is 0. The lowest BCUT2D eigenvalue weighted by Crippen LogP contribution is -2.26. The molecule has 0 bridgehead atoms. The van der Waals surface area contributed by atoms with Gasteiger partial charge in [-0.3, -0.25) is 9.36 Å². The zero-order valence-corrected chi connectivity index (χ0v) is 14.7. The van der Waals surface area contributed by atoms with Gasteiger partial charge in [0.1, 0.15) is 4.83 Å². The molecule has 0 N–H and O–H groups in total. The predicted molar refractivity (Wildman–Crippen MR) is 91.8 cm³/mol. The van der Waals surface area contributed by atoms with E-state index in [9.17, 15) is 4.79 Å². The Bertz CT molecular complexity index is 809. The molecule has 1 fully saturated rings. The van der Waals surface area contributed by atoms with Crippen LogP contribution in [0.2, 0.25) is 0 Å². The highest BCUT2D eigenvalue weighted by atomic mass is 32.2. The van der Waals surface area contributed by atoms with E-state index in [-0.39, 0.29) is 16.9 Å². The van der Waals surface area contributed by atoms with Crippen LogP contribution in [0.1, 0.15) is 49.1 Å². The van der Waals surface area contributed by atoms with Gasteiger partial charge in [-0.2, -0.15) is 5.26 Å². The zero-order chi connectivity index (χ0) is 15.9. The Kier molecular flexibility index (Phi) is 4.28. The van der Waals surface area contributed by atoms with Gasteiger partial charge in [-0.25, -0.2) is 4.98 Å². The molecule has 116 valence electrons. The molecule has 0 aliphatic heterocycles. The highest BCUT2D eigenvalue weighted by Gasteiger charge is 2.25. The fourth-order valence-corrected chi connectivity index (χ4v) is 4.98. The molecule has 0 saturated heterocycles. The molecule has 3 rings (SSSR count). The number of hydrogen-bond donors (Lipinski definition) is 0. The summed E-state index contributed by atoms with van der Waals surface area (Å²) in [6.45, 7) is 5.89. The van der Waals surface area contributed by atoms with Crippen LogP contribution in [0.3, 0.4) is 0 Å². The lowest BCUT2D eigenvalue weighted by molar-refractivity contribution is 0.458. The Hall–Kier alpha value is -1.32. The van der Waals surface area contributed by atoms with Crippen LogP contribution >= 0.6 is 23.1 Å². The molecule has 0 unspecified atom stereocenters. The third kappa shape index (κ3) is 2.57. The van der Waals surface area contributed by atoms with Gasteiger partial charge in [0.2, 0.25) is 0 Å². The summed E-state index contributed by atoms with van der Waals surface area (Å²) in [4.78, 5) is 19.8. The SMILES string of the molecule is Cc1sc2nc(S[C@@H](C)C#N)n(C3CCCC3)c(=O)c2c1C. The van der Waals surface area contributed by atoms with E-state index in [1.165, 1.54) is 11.8 Å². The molecule has 1 aliphatic carbocycles. The van der Waals surface area contributed by atoms with Gasteiger partial charge in [0.05, 0.1) is 16.7 Å². The Morgan fingerprint density at radius 1 is 1.41 bits per heavy atom. The second-order valence-electron chi connectivity index (χ2n) is 5.86. The smallest absolute Gasteiger partial charge is 0.263 e. The van der Waals surface area contributed by atoms with Gasteiger partial charge in [0, 0.05) is 10.9 Å². The van der Waals surface area contributed by atoms with Gasteiger partial charge in [-0.1, -0.05) is 24.6 Å². The van der Waals surface area contributed by atoms with E-state index in [0.717, 1.165) is 46.3 Å². The first kappa shape index (κ1) is 15.6. The normalized spacial score (nSPS) is 17.0. The van der Waals surface area contributed by atoms with Crippen LogP contribution < -0.4 is 5.56 Å². The highest BCUT2D eigenvalue weighted by Crippen LogP contribution is 2.35. The summed E-state index contributed by atoms with van der Waals surface area (Å²) < 4.78 is 1.87. The van der Waals surface area contributed by atoms with E-state index in [1.54, 1.807) is 11.3 Å². The number of aromatic nitrogens is 2. The number of nitriles is 1. The molecule has 0 aromatic carbocycles. The first-order chi connectivity index (χ1) is 10.5. The molecule has 1 aliphatic rings. The van der Waals surface area contributed by atoms with Crippen molar-refractivity contribution in [1.29, 1.82) is 5.26 Å². The number of aryl methyl sites for hydroxylation is 2. The molecule has 2 aromatic rings. The number of rotatable bonds is 3. The van der Waals surface area contributed by atoms with Crippen molar-refractivity contribution in [2.45, 2.75) is 62.9 Å². The molecule has 1 atom stereocenters. The average molecular weight is 333 g/mol. The molecule has 6 heteroatoms. The minimum Gasteiger partial charge on any atom is -0.284 e. The van der Waals surface area contributed by atoms with Gasteiger partial charge < -0.3 is 0 Å². The van der Waals surface area contributed by atoms with Crippen LogP contribution in [-0.4, -0.2) is 14.8 Å². The standard InChI is InChI=1S/C16H19N3OS2/c1-9(8-17)21-16-18-14-13(10(2)11(3)22-14)15(20)19(16)12-6-4-5-7-12/h9,12H,4-7H2,1-3H3/t9-/m0/s1. The van der Waals surface area contributed by atoms with E-state index in [1.807, 2.05) is 25.3 Å². The van der Waals surface area contributed by atoms with Crippen molar-refractivity contribution in [3.05, 3.63) is 20.8 Å². The van der Waals surface area contributed by atoms with Gasteiger partial charge >= 0.3 is 0 Å². The number of hydrogen-bond acceptors (Lipinski definition) is 5. The van der Waals surface area contributed by atoms with Crippen molar-refractivity contribution in [3.63, 3.8) is 0 Å². The first-order valence-corrected chi connectivity index (χ1v) is 9.31. The van der Waals surface area contributed by atoms with Gasteiger partial charge in [0.25, 0.3) is 5.56 Å². The minimum absolute atomic E-state index is 0.0754. The number of thiophene rings is 1.